The third-order valence-corrected chi connectivity index (χ3v) is 6.11. The lowest BCUT2D eigenvalue weighted by Gasteiger charge is -2.22. The van der Waals surface area contributed by atoms with Crippen LogP contribution in [0.25, 0.3) is 0 Å². The molecule has 0 fully saturated rings. The smallest absolute Gasteiger partial charge is 0.252 e. The van der Waals surface area contributed by atoms with Crippen molar-refractivity contribution in [2.45, 2.75) is 32.2 Å². The Balaban J connectivity index is 1.66. The molecule has 0 aliphatic heterocycles. The van der Waals surface area contributed by atoms with Gasteiger partial charge in [0, 0.05) is 42.7 Å². The number of carbonyl (C=O) groups excluding carboxylic acids is 3. The van der Waals surface area contributed by atoms with E-state index in [-0.39, 0.29) is 0 Å². The fraction of sp³-hybridized carbons (Fsp3) is 0.286. The van der Waals surface area contributed by atoms with E-state index in [9.17, 15) is 14.4 Å². The average molecular weight is 518 g/mol. The molecule has 3 amide bonds. The molecule has 0 unspecified atom stereocenters. The topological polar surface area (TPSA) is 113 Å². The van der Waals surface area contributed by atoms with Crippen molar-refractivity contribution in [1.82, 2.24) is 25.9 Å². The van der Waals surface area contributed by atoms with Gasteiger partial charge in [-0.25, -0.2) is 0 Å². The summed E-state index contributed by atoms with van der Waals surface area (Å²) in [6.07, 6.45) is 8.21. The zero-order valence-corrected chi connectivity index (χ0v) is 21.5. The highest BCUT2D eigenvalue weighted by Crippen LogP contribution is 2.12. The number of nitrogens with one attached hydrogen (secondary N) is 3. The summed E-state index contributed by atoms with van der Waals surface area (Å²) >= 11 is 5.35. The van der Waals surface area contributed by atoms with Crippen molar-refractivity contribution in [1.29, 1.82) is 0 Å². The molecular formula is C28H31N5O3S. The number of aromatic nitrogens is 2. The maximum absolute atomic E-state index is 13.2. The number of benzene rings is 1. The van der Waals surface area contributed by atoms with Gasteiger partial charge in [0.15, 0.2) is 6.04 Å². The van der Waals surface area contributed by atoms with Crippen LogP contribution in [0.15, 0.2) is 79.4 Å². The summed E-state index contributed by atoms with van der Waals surface area (Å²) in [6, 6.07) is 15.5. The van der Waals surface area contributed by atoms with Crippen molar-refractivity contribution in [2.75, 3.05) is 13.1 Å². The summed E-state index contributed by atoms with van der Waals surface area (Å²) in [5.74, 6) is -2.28. The van der Waals surface area contributed by atoms with Crippen LogP contribution in [0.1, 0.15) is 23.6 Å². The van der Waals surface area contributed by atoms with Crippen LogP contribution in [0, 0.1) is 5.92 Å². The van der Waals surface area contributed by atoms with Crippen molar-refractivity contribution >= 4 is 34.8 Å². The van der Waals surface area contributed by atoms with E-state index in [1.165, 1.54) is 0 Å². The second-order valence-corrected chi connectivity index (χ2v) is 9.23. The Labute approximate surface area is 222 Å². The molecule has 0 bridgehead atoms. The van der Waals surface area contributed by atoms with Crippen molar-refractivity contribution < 1.29 is 14.4 Å². The maximum Gasteiger partial charge on any atom is 0.252 e. The SMILES string of the molecule is CC(=S)[C@@H](Cc1ccccc1)C(=O)NC(C(=O)NCCc1ccncc1)C(=O)NCCc1ccncc1. The molecule has 2 aromatic heterocycles. The lowest BCUT2D eigenvalue weighted by molar-refractivity contribution is -0.137. The van der Waals surface area contributed by atoms with Crippen molar-refractivity contribution in [3.8, 4) is 0 Å². The Kier molecular flexibility index (Phi) is 10.9. The molecule has 192 valence electrons. The van der Waals surface area contributed by atoms with Gasteiger partial charge in [0.05, 0.1) is 5.92 Å². The third kappa shape index (κ3) is 9.20. The average Bonchev–Trinajstić information content (AvgIpc) is 2.91. The van der Waals surface area contributed by atoms with Crippen molar-refractivity contribution in [3.63, 3.8) is 0 Å². The molecule has 0 radical (unpaired) electrons. The van der Waals surface area contributed by atoms with E-state index in [0.717, 1.165) is 16.7 Å². The highest BCUT2D eigenvalue weighted by molar-refractivity contribution is 7.80. The molecule has 37 heavy (non-hydrogen) atoms. The molecule has 0 saturated heterocycles. The third-order valence-electron chi connectivity index (χ3n) is 5.83. The van der Waals surface area contributed by atoms with Gasteiger partial charge in [-0.2, -0.15) is 0 Å². The van der Waals surface area contributed by atoms with Crippen LogP contribution in [0.2, 0.25) is 0 Å². The van der Waals surface area contributed by atoms with Crippen LogP contribution in [0.4, 0.5) is 0 Å². The van der Waals surface area contributed by atoms with Gasteiger partial charge in [-0.15, -0.1) is 0 Å². The normalized spacial score (nSPS) is 11.4. The van der Waals surface area contributed by atoms with Crippen LogP contribution in [-0.4, -0.2) is 51.7 Å². The molecule has 3 N–H and O–H groups in total. The lowest BCUT2D eigenvalue weighted by atomic mass is 9.95. The van der Waals surface area contributed by atoms with E-state index in [2.05, 4.69) is 25.9 Å². The predicted octanol–water partition coefficient (Wildman–Crippen LogP) is 2.23. The van der Waals surface area contributed by atoms with Crippen LogP contribution in [0.5, 0.6) is 0 Å². The summed E-state index contributed by atoms with van der Waals surface area (Å²) in [4.78, 5) is 47.8. The van der Waals surface area contributed by atoms with Gasteiger partial charge in [0.25, 0.3) is 11.8 Å². The van der Waals surface area contributed by atoms with Gasteiger partial charge >= 0.3 is 0 Å². The van der Waals surface area contributed by atoms with Gasteiger partial charge in [-0.1, -0.05) is 42.5 Å². The summed E-state index contributed by atoms with van der Waals surface area (Å²) in [5, 5.41) is 8.18. The Bertz CT molecular complexity index is 1120. The first-order chi connectivity index (χ1) is 17.9. The molecule has 1 aromatic carbocycles. The molecule has 3 rings (SSSR count). The highest BCUT2D eigenvalue weighted by Gasteiger charge is 2.31. The van der Waals surface area contributed by atoms with Gasteiger partial charge in [0.2, 0.25) is 5.91 Å². The molecular weight excluding hydrogens is 486 g/mol. The van der Waals surface area contributed by atoms with Gasteiger partial charge in [-0.05, 0) is 67.1 Å². The fourth-order valence-corrected chi connectivity index (χ4v) is 3.92. The van der Waals surface area contributed by atoms with Crippen LogP contribution >= 0.6 is 12.2 Å². The Hall–Kier alpha value is -3.98. The fourth-order valence-electron chi connectivity index (χ4n) is 3.73. The Morgan fingerprint density at radius 3 is 1.68 bits per heavy atom. The minimum atomic E-state index is -1.39. The van der Waals surface area contributed by atoms with Gasteiger partial charge in [-0.3, -0.25) is 24.4 Å². The predicted molar refractivity (Wildman–Crippen MR) is 146 cm³/mol. The molecule has 0 spiro atoms. The summed E-state index contributed by atoms with van der Waals surface area (Å²) < 4.78 is 0. The molecule has 0 aliphatic rings. The van der Waals surface area contributed by atoms with Crippen LogP contribution in [-0.2, 0) is 33.6 Å². The number of pyridine rings is 2. The number of amides is 3. The maximum atomic E-state index is 13.2. The number of thiocarbonyl (C=S) groups is 1. The van der Waals surface area contributed by atoms with Crippen molar-refractivity contribution in [3.05, 3.63) is 96.1 Å². The molecule has 8 nitrogen and oxygen atoms in total. The Morgan fingerprint density at radius 2 is 1.22 bits per heavy atom. The minimum Gasteiger partial charge on any atom is -0.354 e. The van der Waals surface area contributed by atoms with E-state index in [1.807, 2.05) is 54.6 Å². The minimum absolute atomic E-state index is 0.305. The van der Waals surface area contributed by atoms with E-state index in [0.29, 0.717) is 37.2 Å². The quantitative estimate of drug-likeness (QED) is 0.237. The highest BCUT2D eigenvalue weighted by atomic mass is 32.1. The second-order valence-electron chi connectivity index (χ2n) is 8.59. The number of hydrogen-bond donors (Lipinski definition) is 3. The largest absolute Gasteiger partial charge is 0.354 e. The summed E-state index contributed by atoms with van der Waals surface area (Å²) in [6.45, 7) is 2.30. The molecule has 0 saturated carbocycles. The second kappa shape index (κ2) is 14.5. The first-order valence-corrected chi connectivity index (χ1v) is 12.5. The summed E-state index contributed by atoms with van der Waals surface area (Å²) in [5.41, 5.74) is 2.93. The number of hydrogen-bond acceptors (Lipinski definition) is 6. The molecule has 2 heterocycles. The number of carbonyl (C=O) groups is 3. The molecule has 1 atom stereocenters. The van der Waals surface area contributed by atoms with Gasteiger partial charge < -0.3 is 16.0 Å². The zero-order valence-electron chi connectivity index (χ0n) is 20.7. The number of nitrogens with zero attached hydrogens (tertiary/aromatic N) is 2. The lowest BCUT2D eigenvalue weighted by Crippen LogP contribution is -2.57. The van der Waals surface area contributed by atoms with Crippen LogP contribution < -0.4 is 16.0 Å². The van der Waals surface area contributed by atoms with Crippen LogP contribution in [0.3, 0.4) is 0 Å². The molecule has 9 heteroatoms. The van der Waals surface area contributed by atoms with E-state index < -0.39 is 29.7 Å². The zero-order chi connectivity index (χ0) is 26.5. The van der Waals surface area contributed by atoms with E-state index in [4.69, 9.17) is 12.2 Å². The van der Waals surface area contributed by atoms with Gasteiger partial charge in [0.1, 0.15) is 0 Å². The monoisotopic (exact) mass is 517 g/mol. The molecule has 3 aromatic rings. The standard InChI is InChI=1S/C28H31N5O3S/c1-20(37)24(19-23-5-3-2-4-6-23)26(34)33-25(27(35)31-17-11-21-7-13-29-14-8-21)28(36)32-18-12-22-9-15-30-16-10-22/h2-10,13-16,24-25H,11-12,17-19H2,1H3,(H,31,35)(H,32,36)(H,33,34)/t24-/m1/s1. The van der Waals surface area contributed by atoms with Crippen molar-refractivity contribution in [2.24, 2.45) is 5.92 Å². The van der Waals surface area contributed by atoms with E-state index >= 15 is 0 Å². The summed E-state index contributed by atoms with van der Waals surface area (Å²) in [7, 11) is 0. The van der Waals surface area contributed by atoms with E-state index in [1.54, 1.807) is 31.7 Å². The first-order valence-electron chi connectivity index (χ1n) is 12.1. The first kappa shape index (κ1) is 27.6. The molecule has 0 aliphatic carbocycles. The number of rotatable bonds is 13. The Morgan fingerprint density at radius 1 is 0.730 bits per heavy atom.